The molecule has 1 aliphatic carbocycles. The summed E-state index contributed by atoms with van der Waals surface area (Å²) in [5.41, 5.74) is 1.87. The molecule has 0 aliphatic heterocycles. The number of nitrogens with one attached hydrogen (secondary N) is 2. The third-order valence-electron chi connectivity index (χ3n) is 5.35. The van der Waals surface area contributed by atoms with E-state index in [1.54, 1.807) is 31.2 Å². The summed E-state index contributed by atoms with van der Waals surface area (Å²) in [5.74, 6) is -0.299. The lowest BCUT2D eigenvalue weighted by Crippen LogP contribution is -2.39. The lowest BCUT2D eigenvalue weighted by Gasteiger charge is -2.30. The molecule has 1 saturated carbocycles. The molecule has 1 amide bonds. The fourth-order valence-electron chi connectivity index (χ4n) is 3.77. The molecule has 144 valence electrons. The van der Waals surface area contributed by atoms with Crippen LogP contribution in [-0.2, 0) is 15.4 Å². The Kier molecular flexibility index (Phi) is 5.85. The van der Waals surface area contributed by atoms with Crippen LogP contribution in [0.15, 0.2) is 54.6 Å². The van der Waals surface area contributed by atoms with E-state index in [0.717, 1.165) is 25.7 Å². The van der Waals surface area contributed by atoms with Crippen LogP contribution in [0.5, 0.6) is 0 Å². The topological polar surface area (TPSA) is 75.3 Å². The van der Waals surface area contributed by atoms with Gasteiger partial charge in [-0.1, -0.05) is 55.3 Å². The van der Waals surface area contributed by atoms with Gasteiger partial charge in [0.05, 0.1) is 17.0 Å². The lowest BCUT2D eigenvalue weighted by atomic mass is 9.79. The molecular weight excluding hydrogens is 360 g/mol. The van der Waals surface area contributed by atoms with Gasteiger partial charge in [-0.15, -0.1) is 0 Å². The van der Waals surface area contributed by atoms with Gasteiger partial charge in [-0.25, -0.2) is 8.42 Å². The van der Waals surface area contributed by atoms with E-state index < -0.39 is 10.0 Å². The number of carbonyl (C=O) groups excluding carboxylic acids is 1. The van der Waals surface area contributed by atoms with Gasteiger partial charge < -0.3 is 5.32 Å². The molecule has 27 heavy (non-hydrogen) atoms. The van der Waals surface area contributed by atoms with Crippen molar-refractivity contribution in [1.82, 2.24) is 5.32 Å². The normalized spacial score (nSPS) is 16.0. The minimum atomic E-state index is -3.44. The predicted molar refractivity (Wildman–Crippen MR) is 108 cm³/mol. The molecule has 0 aromatic heterocycles. The minimum Gasteiger partial charge on any atom is -0.351 e. The number of anilines is 1. The summed E-state index contributed by atoms with van der Waals surface area (Å²) < 4.78 is 26.3. The van der Waals surface area contributed by atoms with Crippen LogP contribution in [0.1, 0.15) is 48.5 Å². The molecule has 5 nitrogen and oxygen atoms in total. The van der Waals surface area contributed by atoms with Crippen LogP contribution in [0.3, 0.4) is 0 Å². The highest BCUT2D eigenvalue weighted by Crippen LogP contribution is 2.40. The van der Waals surface area contributed by atoms with Crippen LogP contribution >= 0.6 is 0 Å². The molecule has 2 aromatic carbocycles. The van der Waals surface area contributed by atoms with Crippen LogP contribution in [0.2, 0.25) is 0 Å². The summed E-state index contributed by atoms with van der Waals surface area (Å²) in [6.45, 7) is 2.11. The van der Waals surface area contributed by atoms with Gasteiger partial charge in [0.15, 0.2) is 0 Å². The van der Waals surface area contributed by atoms with Crippen molar-refractivity contribution in [3.8, 4) is 0 Å². The Hall–Kier alpha value is -2.34. The Labute approximate surface area is 161 Å². The summed E-state index contributed by atoms with van der Waals surface area (Å²) in [6, 6.07) is 17.0. The van der Waals surface area contributed by atoms with E-state index in [2.05, 4.69) is 22.2 Å². The highest BCUT2D eigenvalue weighted by atomic mass is 32.2. The van der Waals surface area contributed by atoms with Gasteiger partial charge in [-0.05, 0) is 37.5 Å². The van der Waals surface area contributed by atoms with Crippen LogP contribution < -0.4 is 10.0 Å². The molecule has 0 radical (unpaired) electrons. The standard InChI is InChI=1S/C21H26N2O3S/c1-2-27(25,26)23-19-13-7-6-12-18(19)20(24)22-16-21(14-8-9-15-21)17-10-4-3-5-11-17/h3-7,10-13,23H,2,8-9,14-16H2,1H3,(H,22,24). The van der Waals surface area contributed by atoms with Crippen LogP contribution in [0.25, 0.3) is 0 Å². The Bertz CT molecular complexity index is 889. The van der Waals surface area contributed by atoms with Crippen LogP contribution in [0.4, 0.5) is 5.69 Å². The van der Waals surface area contributed by atoms with Gasteiger partial charge in [0.1, 0.15) is 0 Å². The van der Waals surface area contributed by atoms with Crippen molar-refractivity contribution in [3.63, 3.8) is 0 Å². The second kappa shape index (κ2) is 8.13. The fraction of sp³-hybridized carbons (Fsp3) is 0.381. The van der Waals surface area contributed by atoms with Gasteiger partial charge in [0.2, 0.25) is 10.0 Å². The maximum Gasteiger partial charge on any atom is 0.253 e. The van der Waals surface area contributed by atoms with Gasteiger partial charge in [0.25, 0.3) is 5.91 Å². The number of carbonyl (C=O) groups is 1. The zero-order valence-electron chi connectivity index (χ0n) is 15.6. The van der Waals surface area contributed by atoms with E-state index in [0.29, 0.717) is 17.8 Å². The quantitative estimate of drug-likeness (QED) is 0.762. The number of hydrogen-bond acceptors (Lipinski definition) is 3. The first-order valence-corrected chi connectivity index (χ1v) is 11.0. The van der Waals surface area contributed by atoms with Gasteiger partial charge in [-0.2, -0.15) is 0 Å². The summed E-state index contributed by atoms with van der Waals surface area (Å²) in [4.78, 5) is 12.8. The monoisotopic (exact) mass is 386 g/mol. The first-order valence-electron chi connectivity index (χ1n) is 9.39. The van der Waals surface area contributed by atoms with Crippen molar-refractivity contribution >= 4 is 21.6 Å². The summed E-state index contributed by atoms with van der Waals surface area (Å²) >= 11 is 0. The SMILES string of the molecule is CCS(=O)(=O)Nc1ccccc1C(=O)NCC1(c2ccccc2)CCCC1. The highest BCUT2D eigenvalue weighted by molar-refractivity contribution is 7.92. The smallest absolute Gasteiger partial charge is 0.253 e. The average Bonchev–Trinajstić information content (AvgIpc) is 3.17. The molecule has 0 spiro atoms. The zero-order chi connectivity index (χ0) is 19.3. The number of benzene rings is 2. The minimum absolute atomic E-state index is 0.0416. The van der Waals surface area contributed by atoms with E-state index in [1.165, 1.54) is 5.56 Å². The first kappa shape index (κ1) is 19.4. The molecule has 1 fully saturated rings. The Morgan fingerprint density at radius 3 is 2.30 bits per heavy atom. The molecule has 2 aromatic rings. The second-order valence-corrected chi connectivity index (χ2v) is 9.10. The van der Waals surface area contributed by atoms with Crippen molar-refractivity contribution in [2.45, 2.75) is 38.0 Å². The number of sulfonamides is 1. The van der Waals surface area contributed by atoms with Crippen molar-refractivity contribution in [3.05, 3.63) is 65.7 Å². The summed E-state index contributed by atoms with van der Waals surface area (Å²) in [5, 5.41) is 3.05. The van der Waals surface area contributed by atoms with Crippen LogP contribution in [-0.4, -0.2) is 26.6 Å². The number of hydrogen-bond donors (Lipinski definition) is 2. The van der Waals surface area contributed by atoms with E-state index in [9.17, 15) is 13.2 Å². The third-order valence-corrected chi connectivity index (χ3v) is 6.64. The van der Waals surface area contributed by atoms with Crippen molar-refractivity contribution in [1.29, 1.82) is 0 Å². The Morgan fingerprint density at radius 1 is 1.00 bits per heavy atom. The molecule has 0 unspecified atom stereocenters. The third kappa shape index (κ3) is 4.50. The van der Waals surface area contributed by atoms with Gasteiger partial charge >= 0.3 is 0 Å². The second-order valence-electron chi connectivity index (χ2n) is 7.09. The van der Waals surface area contributed by atoms with E-state index in [1.807, 2.05) is 18.2 Å². The molecule has 0 atom stereocenters. The number of para-hydroxylation sites is 1. The number of rotatable bonds is 7. The maximum absolute atomic E-state index is 12.8. The van der Waals surface area contributed by atoms with E-state index in [-0.39, 0.29) is 17.1 Å². The lowest BCUT2D eigenvalue weighted by molar-refractivity contribution is 0.0944. The summed E-state index contributed by atoms with van der Waals surface area (Å²) in [7, 11) is -3.44. The molecule has 3 rings (SSSR count). The highest BCUT2D eigenvalue weighted by Gasteiger charge is 2.35. The van der Waals surface area contributed by atoms with Gasteiger partial charge in [0, 0.05) is 12.0 Å². The van der Waals surface area contributed by atoms with E-state index in [4.69, 9.17) is 0 Å². The van der Waals surface area contributed by atoms with Gasteiger partial charge in [-0.3, -0.25) is 9.52 Å². The van der Waals surface area contributed by atoms with Crippen molar-refractivity contribution < 1.29 is 13.2 Å². The van der Waals surface area contributed by atoms with Crippen LogP contribution in [0, 0.1) is 0 Å². The molecule has 6 heteroatoms. The Balaban J connectivity index is 1.78. The fourth-order valence-corrected chi connectivity index (χ4v) is 4.42. The van der Waals surface area contributed by atoms with E-state index >= 15 is 0 Å². The molecule has 0 heterocycles. The average molecular weight is 387 g/mol. The zero-order valence-corrected chi connectivity index (χ0v) is 16.4. The first-order chi connectivity index (χ1) is 13.0. The number of amides is 1. The summed E-state index contributed by atoms with van der Waals surface area (Å²) in [6.07, 6.45) is 4.39. The largest absolute Gasteiger partial charge is 0.351 e. The molecule has 1 aliphatic rings. The molecular formula is C21H26N2O3S. The molecule has 2 N–H and O–H groups in total. The molecule has 0 saturated heterocycles. The van der Waals surface area contributed by atoms with Crippen molar-refractivity contribution in [2.24, 2.45) is 0 Å². The van der Waals surface area contributed by atoms with Crippen molar-refractivity contribution in [2.75, 3.05) is 17.0 Å². The molecule has 0 bridgehead atoms. The predicted octanol–water partition coefficient (Wildman–Crippen LogP) is 3.69. The maximum atomic E-state index is 12.8. The Morgan fingerprint density at radius 2 is 1.63 bits per heavy atom.